The van der Waals surface area contributed by atoms with E-state index in [2.05, 4.69) is 37.4 Å². The van der Waals surface area contributed by atoms with E-state index in [1.807, 2.05) is 12.1 Å². The van der Waals surface area contributed by atoms with Gasteiger partial charge in [0.25, 0.3) is 0 Å². The lowest BCUT2D eigenvalue weighted by atomic mass is 10.1. The third kappa shape index (κ3) is 6.26. The predicted octanol–water partition coefficient (Wildman–Crippen LogP) is 3.30. The summed E-state index contributed by atoms with van der Waals surface area (Å²) in [5, 5.41) is 12.1. The highest BCUT2D eigenvalue weighted by molar-refractivity contribution is 5.27. The lowest BCUT2D eigenvalue weighted by molar-refractivity contribution is 0.289. The fourth-order valence-corrected chi connectivity index (χ4v) is 1.77. The summed E-state index contributed by atoms with van der Waals surface area (Å²) in [6.45, 7) is 5.52. The Morgan fingerprint density at radius 3 is 2.53 bits per heavy atom. The Bertz CT molecular complexity index is 381. The van der Waals surface area contributed by atoms with E-state index >= 15 is 0 Å². The molecule has 1 aromatic carbocycles. The number of unbranched alkanes of at least 4 members (excludes halogenated alkanes) is 1. The van der Waals surface area contributed by atoms with Crippen LogP contribution >= 0.6 is 0 Å². The molecule has 1 rings (SSSR count). The van der Waals surface area contributed by atoms with Crippen LogP contribution in [0.5, 0.6) is 5.75 Å². The highest BCUT2D eigenvalue weighted by Gasteiger charge is 2.06. The Labute approximate surface area is 116 Å². The molecule has 0 spiro atoms. The van der Waals surface area contributed by atoms with Crippen LogP contribution in [0.3, 0.4) is 0 Å². The Balaban J connectivity index is 2.38. The third-order valence-corrected chi connectivity index (χ3v) is 2.96. The molecule has 0 saturated carbocycles. The molecule has 0 aromatic heterocycles. The lowest BCUT2D eigenvalue weighted by Crippen LogP contribution is -2.33. The molecule has 0 fully saturated rings. The maximum absolute atomic E-state index is 8.98. The van der Waals surface area contributed by atoms with Gasteiger partial charge in [-0.05, 0) is 43.5 Å². The fraction of sp³-hybridized carbons (Fsp3) is 0.562. The molecule has 3 nitrogen and oxygen atoms in total. The Morgan fingerprint density at radius 1 is 1.21 bits per heavy atom. The van der Waals surface area contributed by atoms with E-state index in [-0.39, 0.29) is 6.04 Å². The van der Waals surface area contributed by atoms with Gasteiger partial charge in [0.2, 0.25) is 0 Å². The van der Waals surface area contributed by atoms with Crippen LogP contribution in [0.4, 0.5) is 0 Å². The average Bonchev–Trinajstić information content (AvgIpc) is 2.46. The first-order chi connectivity index (χ1) is 9.30. The molecule has 1 aromatic rings. The van der Waals surface area contributed by atoms with Crippen LogP contribution in [0.2, 0.25) is 0 Å². The summed E-state index contributed by atoms with van der Waals surface area (Å²) in [4.78, 5) is 0. The van der Waals surface area contributed by atoms with Gasteiger partial charge in [-0.25, -0.2) is 0 Å². The molecule has 0 saturated heterocycles. The summed E-state index contributed by atoms with van der Waals surface area (Å²) in [6, 6.07) is 10.2. The summed E-state index contributed by atoms with van der Waals surface area (Å²) in [6.07, 6.45) is 4.57. The van der Waals surface area contributed by atoms with Crippen molar-refractivity contribution in [1.82, 2.24) is 5.32 Å². The maximum atomic E-state index is 8.98. The topological polar surface area (TPSA) is 45.0 Å². The smallest absolute Gasteiger partial charge is 0.130 e. The van der Waals surface area contributed by atoms with Crippen LogP contribution in [-0.2, 0) is 6.42 Å². The number of aryl methyl sites for hydroxylation is 1. The second-order valence-corrected chi connectivity index (χ2v) is 4.69. The highest BCUT2D eigenvalue weighted by atomic mass is 16.5. The molecule has 1 N–H and O–H groups in total. The lowest BCUT2D eigenvalue weighted by Gasteiger charge is -2.12. The standard InChI is InChI=1S/C16H24N2O/c1-3-5-6-14-7-9-16(10-8-14)19-13-15(12-17)18-11-4-2/h7-10,15,18H,3-6,11,13H2,1-2H3. The zero-order valence-corrected chi connectivity index (χ0v) is 12.0. The van der Waals surface area contributed by atoms with Crippen molar-refractivity contribution in [3.63, 3.8) is 0 Å². The van der Waals surface area contributed by atoms with Crippen molar-refractivity contribution in [2.24, 2.45) is 0 Å². The minimum absolute atomic E-state index is 0.236. The molecule has 0 amide bonds. The Kier molecular flexibility index (Phi) is 7.69. The minimum atomic E-state index is -0.236. The molecule has 104 valence electrons. The van der Waals surface area contributed by atoms with Gasteiger partial charge in [-0.2, -0.15) is 5.26 Å². The van der Waals surface area contributed by atoms with Crippen LogP contribution in [-0.4, -0.2) is 19.2 Å². The molecule has 19 heavy (non-hydrogen) atoms. The second kappa shape index (κ2) is 9.41. The van der Waals surface area contributed by atoms with E-state index < -0.39 is 0 Å². The van der Waals surface area contributed by atoms with Crippen LogP contribution in [0.1, 0.15) is 38.7 Å². The SMILES string of the molecule is CCCCc1ccc(OCC(C#N)NCCC)cc1. The molecule has 0 bridgehead atoms. The van der Waals surface area contributed by atoms with Crippen molar-refractivity contribution >= 4 is 0 Å². The summed E-state index contributed by atoms with van der Waals surface area (Å²) in [5.41, 5.74) is 1.34. The van der Waals surface area contributed by atoms with E-state index in [0.717, 1.165) is 25.1 Å². The van der Waals surface area contributed by atoms with Gasteiger partial charge in [0.1, 0.15) is 18.4 Å². The summed E-state index contributed by atoms with van der Waals surface area (Å²) in [7, 11) is 0. The number of benzene rings is 1. The van der Waals surface area contributed by atoms with Crippen LogP contribution in [0.25, 0.3) is 0 Å². The van der Waals surface area contributed by atoms with Gasteiger partial charge in [-0.3, -0.25) is 5.32 Å². The summed E-state index contributed by atoms with van der Waals surface area (Å²) < 4.78 is 5.63. The zero-order chi connectivity index (χ0) is 13.9. The second-order valence-electron chi connectivity index (χ2n) is 4.69. The van der Waals surface area contributed by atoms with E-state index in [1.54, 1.807) is 0 Å². The molecule has 0 aliphatic heterocycles. The number of ether oxygens (including phenoxy) is 1. The van der Waals surface area contributed by atoms with Gasteiger partial charge in [0, 0.05) is 0 Å². The van der Waals surface area contributed by atoms with Crippen LogP contribution in [0, 0.1) is 11.3 Å². The number of nitrogens with one attached hydrogen (secondary N) is 1. The van der Waals surface area contributed by atoms with Gasteiger partial charge in [-0.1, -0.05) is 32.4 Å². The normalized spacial score (nSPS) is 11.8. The number of hydrogen-bond donors (Lipinski definition) is 1. The van der Waals surface area contributed by atoms with Gasteiger partial charge in [-0.15, -0.1) is 0 Å². The predicted molar refractivity (Wildman–Crippen MR) is 78.2 cm³/mol. The number of nitriles is 1. The van der Waals surface area contributed by atoms with Gasteiger partial charge in [0.15, 0.2) is 0 Å². The Morgan fingerprint density at radius 2 is 1.95 bits per heavy atom. The highest BCUT2D eigenvalue weighted by Crippen LogP contribution is 2.14. The average molecular weight is 260 g/mol. The van der Waals surface area contributed by atoms with Gasteiger partial charge < -0.3 is 4.74 Å². The molecule has 1 unspecified atom stereocenters. The molecule has 0 aliphatic carbocycles. The van der Waals surface area contributed by atoms with Crippen molar-refractivity contribution in [3.8, 4) is 11.8 Å². The third-order valence-electron chi connectivity index (χ3n) is 2.96. The van der Waals surface area contributed by atoms with E-state index in [0.29, 0.717) is 6.61 Å². The van der Waals surface area contributed by atoms with Crippen molar-refractivity contribution in [2.45, 2.75) is 45.6 Å². The van der Waals surface area contributed by atoms with Crippen molar-refractivity contribution in [3.05, 3.63) is 29.8 Å². The van der Waals surface area contributed by atoms with Crippen molar-refractivity contribution in [2.75, 3.05) is 13.2 Å². The van der Waals surface area contributed by atoms with E-state index in [9.17, 15) is 0 Å². The number of hydrogen-bond acceptors (Lipinski definition) is 3. The van der Waals surface area contributed by atoms with E-state index in [4.69, 9.17) is 10.00 Å². The monoisotopic (exact) mass is 260 g/mol. The first-order valence-electron chi connectivity index (χ1n) is 7.14. The van der Waals surface area contributed by atoms with Crippen molar-refractivity contribution < 1.29 is 4.74 Å². The maximum Gasteiger partial charge on any atom is 0.130 e. The van der Waals surface area contributed by atoms with Crippen LogP contribution < -0.4 is 10.1 Å². The molecular formula is C16H24N2O. The largest absolute Gasteiger partial charge is 0.491 e. The van der Waals surface area contributed by atoms with Gasteiger partial charge in [0.05, 0.1) is 6.07 Å². The van der Waals surface area contributed by atoms with Gasteiger partial charge >= 0.3 is 0 Å². The molecular weight excluding hydrogens is 236 g/mol. The first-order valence-corrected chi connectivity index (χ1v) is 7.14. The summed E-state index contributed by atoms with van der Waals surface area (Å²) in [5.74, 6) is 0.832. The molecule has 1 atom stereocenters. The zero-order valence-electron chi connectivity index (χ0n) is 12.0. The number of rotatable bonds is 9. The molecule has 0 radical (unpaired) electrons. The minimum Gasteiger partial charge on any atom is -0.491 e. The molecule has 0 heterocycles. The Hall–Kier alpha value is -1.53. The molecule has 0 aliphatic rings. The first kappa shape index (κ1) is 15.5. The summed E-state index contributed by atoms with van der Waals surface area (Å²) >= 11 is 0. The van der Waals surface area contributed by atoms with Crippen LogP contribution in [0.15, 0.2) is 24.3 Å². The quantitative estimate of drug-likeness (QED) is 0.741. The van der Waals surface area contributed by atoms with Crippen molar-refractivity contribution in [1.29, 1.82) is 5.26 Å². The fourth-order valence-electron chi connectivity index (χ4n) is 1.77. The molecule has 3 heteroatoms. The number of nitrogens with zero attached hydrogens (tertiary/aromatic N) is 1. The van der Waals surface area contributed by atoms with E-state index in [1.165, 1.54) is 18.4 Å².